The SMILES string of the molecule is CC(C)(C)COP(=O)(CCCCN=C=S)OCC(C)(C)C. The number of hydrogen-bond donors (Lipinski definition) is 0. The third kappa shape index (κ3) is 13.3. The summed E-state index contributed by atoms with van der Waals surface area (Å²) < 4.78 is 24.2. The Morgan fingerprint density at radius 3 is 1.86 bits per heavy atom. The summed E-state index contributed by atoms with van der Waals surface area (Å²) in [5.41, 5.74) is -0.0787. The number of aliphatic imine (C=N–C) groups is 1. The van der Waals surface area contributed by atoms with Gasteiger partial charge in [0.15, 0.2) is 0 Å². The first kappa shape index (κ1) is 20.9. The molecule has 0 saturated heterocycles. The molecular weight excluding hydrogens is 305 g/mol. The maximum atomic E-state index is 12.8. The first-order valence-corrected chi connectivity index (χ1v) is 9.53. The average molecular weight is 335 g/mol. The van der Waals surface area contributed by atoms with E-state index in [4.69, 9.17) is 9.05 Å². The van der Waals surface area contributed by atoms with Crippen molar-refractivity contribution in [2.45, 2.75) is 54.4 Å². The summed E-state index contributed by atoms with van der Waals surface area (Å²) in [6.45, 7) is 13.8. The number of rotatable bonds is 9. The van der Waals surface area contributed by atoms with Crippen LogP contribution < -0.4 is 0 Å². The summed E-state index contributed by atoms with van der Waals surface area (Å²) in [5.74, 6) is 0. The maximum Gasteiger partial charge on any atom is 0.330 e. The van der Waals surface area contributed by atoms with Crippen LogP contribution in [0.2, 0.25) is 0 Å². The lowest BCUT2D eigenvalue weighted by Crippen LogP contribution is -2.18. The summed E-state index contributed by atoms with van der Waals surface area (Å²) in [4.78, 5) is 3.86. The molecule has 6 heteroatoms. The van der Waals surface area contributed by atoms with E-state index >= 15 is 0 Å². The Kier molecular flexibility index (Phi) is 9.15. The second-order valence-electron chi connectivity index (χ2n) is 7.68. The Balaban J connectivity index is 4.51. The van der Waals surface area contributed by atoms with Crippen molar-refractivity contribution in [3.63, 3.8) is 0 Å². The Bertz CT molecular complexity index is 371. The maximum absolute atomic E-state index is 12.8. The lowest BCUT2D eigenvalue weighted by Gasteiger charge is -2.27. The van der Waals surface area contributed by atoms with Gasteiger partial charge in [0, 0.05) is 6.54 Å². The quantitative estimate of drug-likeness (QED) is 0.252. The van der Waals surface area contributed by atoms with Gasteiger partial charge in [0.1, 0.15) is 0 Å². The smallest absolute Gasteiger partial charge is 0.308 e. The van der Waals surface area contributed by atoms with Crippen molar-refractivity contribution < 1.29 is 13.6 Å². The highest BCUT2D eigenvalue weighted by Gasteiger charge is 2.28. The highest BCUT2D eigenvalue weighted by molar-refractivity contribution is 7.78. The average Bonchev–Trinajstić information content (AvgIpc) is 2.33. The molecule has 0 aliphatic carbocycles. The molecule has 0 spiro atoms. The van der Waals surface area contributed by atoms with Gasteiger partial charge in [-0.2, -0.15) is 0 Å². The predicted molar refractivity (Wildman–Crippen MR) is 92.4 cm³/mol. The molecular formula is C15H30NO3PS. The Morgan fingerprint density at radius 2 is 1.48 bits per heavy atom. The zero-order valence-corrected chi connectivity index (χ0v) is 16.0. The molecule has 0 rings (SSSR count). The van der Waals surface area contributed by atoms with Crippen molar-refractivity contribution in [3.05, 3.63) is 0 Å². The fourth-order valence-electron chi connectivity index (χ4n) is 1.29. The number of isothiocyanates is 1. The third-order valence-electron chi connectivity index (χ3n) is 2.40. The molecule has 0 aliphatic rings. The van der Waals surface area contributed by atoms with E-state index in [1.807, 2.05) is 0 Å². The van der Waals surface area contributed by atoms with Crippen LogP contribution in [0, 0.1) is 10.8 Å². The first-order chi connectivity index (χ1) is 9.47. The molecule has 0 aromatic rings. The molecule has 0 aromatic heterocycles. The molecule has 0 heterocycles. The van der Waals surface area contributed by atoms with Crippen molar-refractivity contribution in [3.8, 4) is 0 Å². The molecule has 0 aromatic carbocycles. The minimum absolute atomic E-state index is 0.0394. The van der Waals surface area contributed by atoms with Crippen LogP contribution in [-0.4, -0.2) is 31.1 Å². The molecule has 0 bridgehead atoms. The molecule has 0 atom stereocenters. The highest BCUT2D eigenvalue weighted by atomic mass is 32.1. The number of thiocarbonyl (C=S) groups is 1. The van der Waals surface area contributed by atoms with Crippen LogP contribution in [0.3, 0.4) is 0 Å². The lowest BCUT2D eigenvalue weighted by molar-refractivity contribution is 0.123. The fraction of sp³-hybridized carbons (Fsp3) is 0.933. The van der Waals surface area contributed by atoms with Crippen LogP contribution >= 0.6 is 19.8 Å². The molecule has 0 saturated carbocycles. The van der Waals surface area contributed by atoms with Gasteiger partial charge in [-0.15, -0.1) is 0 Å². The van der Waals surface area contributed by atoms with Crippen molar-refractivity contribution in [2.75, 3.05) is 25.9 Å². The lowest BCUT2D eigenvalue weighted by atomic mass is 9.99. The van der Waals surface area contributed by atoms with E-state index in [9.17, 15) is 4.57 Å². The largest absolute Gasteiger partial charge is 0.330 e. The minimum Gasteiger partial charge on any atom is -0.308 e. The van der Waals surface area contributed by atoms with Gasteiger partial charge in [-0.25, -0.2) is 4.99 Å². The van der Waals surface area contributed by atoms with Gasteiger partial charge in [0.05, 0.1) is 24.5 Å². The predicted octanol–water partition coefficient (Wildman–Crippen LogP) is 5.19. The molecule has 4 nitrogen and oxygen atoms in total. The second kappa shape index (κ2) is 9.17. The molecule has 0 aliphatic heterocycles. The van der Waals surface area contributed by atoms with Crippen LogP contribution in [0.5, 0.6) is 0 Å². The summed E-state index contributed by atoms with van der Waals surface area (Å²) in [6.07, 6.45) is 1.98. The van der Waals surface area contributed by atoms with Gasteiger partial charge in [-0.1, -0.05) is 41.5 Å². The van der Waals surface area contributed by atoms with E-state index in [1.165, 1.54) is 0 Å². The van der Waals surface area contributed by atoms with E-state index in [0.717, 1.165) is 12.8 Å². The van der Waals surface area contributed by atoms with Gasteiger partial charge in [-0.05, 0) is 35.9 Å². The number of nitrogens with zero attached hydrogens (tertiary/aromatic N) is 1. The van der Waals surface area contributed by atoms with Gasteiger partial charge in [-0.3, -0.25) is 4.57 Å². The van der Waals surface area contributed by atoms with Crippen molar-refractivity contribution in [2.24, 2.45) is 15.8 Å². The fourth-order valence-corrected chi connectivity index (χ4v) is 3.50. The number of unbranched alkanes of at least 4 members (excludes halogenated alkanes) is 1. The molecule has 0 radical (unpaired) electrons. The molecule has 0 unspecified atom stereocenters. The number of hydrogen-bond acceptors (Lipinski definition) is 5. The third-order valence-corrected chi connectivity index (χ3v) is 4.44. The summed E-state index contributed by atoms with van der Waals surface area (Å²) in [7, 11) is -3.05. The van der Waals surface area contributed by atoms with E-state index in [1.54, 1.807) is 0 Å². The van der Waals surface area contributed by atoms with E-state index in [0.29, 0.717) is 25.9 Å². The summed E-state index contributed by atoms with van der Waals surface area (Å²) in [5, 5.41) is 2.33. The second-order valence-corrected chi connectivity index (χ2v) is 10.1. The van der Waals surface area contributed by atoms with Crippen LogP contribution in [0.15, 0.2) is 4.99 Å². The first-order valence-electron chi connectivity index (χ1n) is 7.39. The van der Waals surface area contributed by atoms with Gasteiger partial charge >= 0.3 is 7.60 Å². The molecule has 124 valence electrons. The zero-order chi connectivity index (χ0) is 16.6. The minimum atomic E-state index is -3.05. The van der Waals surface area contributed by atoms with E-state index in [2.05, 4.69) is 63.9 Å². The van der Waals surface area contributed by atoms with E-state index < -0.39 is 7.60 Å². The Labute approximate surface area is 135 Å². The standard InChI is InChI=1S/C15H30NO3PS/c1-14(2,3)11-18-20(17,19-12-15(4,5)6)10-8-7-9-16-13-21/h7-12H2,1-6H3. The molecule has 21 heavy (non-hydrogen) atoms. The monoisotopic (exact) mass is 335 g/mol. The molecule has 0 amide bonds. The van der Waals surface area contributed by atoms with E-state index in [-0.39, 0.29) is 10.8 Å². The molecule has 0 N–H and O–H groups in total. The topological polar surface area (TPSA) is 47.9 Å². The Morgan fingerprint density at radius 1 is 1.00 bits per heavy atom. The summed E-state index contributed by atoms with van der Waals surface area (Å²) in [6, 6.07) is 0. The van der Waals surface area contributed by atoms with Gasteiger partial charge < -0.3 is 9.05 Å². The van der Waals surface area contributed by atoms with Crippen LogP contribution in [0.1, 0.15) is 54.4 Å². The highest BCUT2D eigenvalue weighted by Crippen LogP contribution is 2.51. The Hall–Kier alpha value is -0.0500. The van der Waals surface area contributed by atoms with Crippen LogP contribution in [0.4, 0.5) is 0 Å². The summed E-state index contributed by atoms with van der Waals surface area (Å²) >= 11 is 4.52. The van der Waals surface area contributed by atoms with Crippen LogP contribution in [-0.2, 0) is 13.6 Å². The van der Waals surface area contributed by atoms with Gasteiger partial charge in [0.25, 0.3) is 0 Å². The van der Waals surface area contributed by atoms with Crippen molar-refractivity contribution >= 4 is 25.0 Å². The molecule has 0 fully saturated rings. The van der Waals surface area contributed by atoms with Crippen molar-refractivity contribution in [1.82, 2.24) is 0 Å². The van der Waals surface area contributed by atoms with Gasteiger partial charge in [0.2, 0.25) is 0 Å². The van der Waals surface area contributed by atoms with Crippen molar-refractivity contribution in [1.29, 1.82) is 0 Å². The van der Waals surface area contributed by atoms with Crippen LogP contribution in [0.25, 0.3) is 0 Å². The normalized spacial score (nSPS) is 13.0. The zero-order valence-electron chi connectivity index (χ0n) is 14.3.